The van der Waals surface area contributed by atoms with E-state index in [-0.39, 0.29) is 0 Å². The Bertz CT molecular complexity index is 528. The molecule has 0 atom stereocenters. The van der Waals surface area contributed by atoms with Gasteiger partial charge in [0.2, 0.25) is 0 Å². The van der Waals surface area contributed by atoms with Crippen molar-refractivity contribution in [2.45, 2.75) is 0 Å². The molecule has 3 aromatic rings. The van der Waals surface area contributed by atoms with Gasteiger partial charge in [-0.3, -0.25) is 0 Å². The van der Waals surface area contributed by atoms with Crippen LogP contribution in [0.4, 0.5) is 0 Å². The van der Waals surface area contributed by atoms with Crippen LogP contribution in [0.2, 0.25) is 0 Å². The molecule has 2 aromatic heterocycles. The van der Waals surface area contributed by atoms with E-state index >= 15 is 0 Å². The van der Waals surface area contributed by atoms with Gasteiger partial charge in [-0.05, 0) is 34.3 Å². The number of fused-ring (bicyclic) bond motifs is 2. The lowest BCUT2D eigenvalue weighted by molar-refractivity contribution is 0.489. The summed E-state index contributed by atoms with van der Waals surface area (Å²) in [5.74, 6) is 0.434. The van der Waals surface area contributed by atoms with Crippen LogP contribution in [0.15, 0.2) is 29.0 Å². The third-order valence-electron chi connectivity index (χ3n) is 2.15. The first-order chi connectivity index (χ1) is 6.36. The normalized spacial score (nSPS) is 11.4. The highest BCUT2D eigenvalue weighted by Gasteiger charge is 2.07. The van der Waals surface area contributed by atoms with Gasteiger partial charge in [-0.1, -0.05) is 0 Å². The highest BCUT2D eigenvalue weighted by atomic mass is 32.1. The molecule has 0 saturated carbocycles. The molecule has 0 spiro atoms. The largest absolute Gasteiger partial charge is 0.506 e. The van der Waals surface area contributed by atoms with E-state index in [2.05, 4.69) is 6.07 Å². The summed E-state index contributed by atoms with van der Waals surface area (Å²) in [6.07, 6.45) is 0. The zero-order valence-electron chi connectivity index (χ0n) is 6.65. The fourth-order valence-electron chi connectivity index (χ4n) is 1.52. The van der Waals surface area contributed by atoms with Crippen LogP contribution in [-0.2, 0) is 0 Å². The van der Waals surface area contributed by atoms with Crippen LogP contribution < -0.4 is 0 Å². The molecule has 64 valence electrons. The van der Waals surface area contributed by atoms with Crippen molar-refractivity contribution in [3.63, 3.8) is 0 Å². The van der Waals surface area contributed by atoms with Gasteiger partial charge in [0.05, 0.1) is 4.70 Å². The zero-order valence-corrected chi connectivity index (χ0v) is 8.28. The van der Waals surface area contributed by atoms with Crippen LogP contribution in [0, 0.1) is 0 Å². The van der Waals surface area contributed by atoms with Gasteiger partial charge in [0.25, 0.3) is 0 Å². The average Bonchev–Trinajstić information content (AvgIpc) is 2.71. The van der Waals surface area contributed by atoms with Crippen molar-refractivity contribution in [2.24, 2.45) is 0 Å². The van der Waals surface area contributed by atoms with Gasteiger partial charge < -0.3 is 5.11 Å². The topological polar surface area (TPSA) is 20.2 Å². The maximum atomic E-state index is 9.91. The van der Waals surface area contributed by atoms with Crippen molar-refractivity contribution in [2.75, 3.05) is 0 Å². The molecule has 0 unspecified atom stereocenters. The quantitative estimate of drug-likeness (QED) is 0.592. The minimum Gasteiger partial charge on any atom is -0.506 e. The number of thiophene rings is 2. The first kappa shape index (κ1) is 7.35. The fraction of sp³-hybridized carbons (Fsp3) is 0. The Kier molecular flexibility index (Phi) is 1.39. The standard InChI is InChI=1S/C10H6OS2/c11-9-7-2-4-12-8(7)5-6-1-3-13-10(6)9/h1-5,11H. The molecule has 0 amide bonds. The van der Waals surface area contributed by atoms with Crippen LogP contribution in [0.1, 0.15) is 0 Å². The van der Waals surface area contributed by atoms with E-state index in [9.17, 15) is 5.11 Å². The molecule has 0 radical (unpaired) electrons. The Balaban J connectivity index is 2.67. The fourth-order valence-corrected chi connectivity index (χ4v) is 3.19. The van der Waals surface area contributed by atoms with Gasteiger partial charge in [-0.2, -0.15) is 0 Å². The lowest BCUT2D eigenvalue weighted by Crippen LogP contribution is -1.67. The van der Waals surface area contributed by atoms with Crippen molar-refractivity contribution in [1.82, 2.24) is 0 Å². The van der Waals surface area contributed by atoms with Crippen LogP contribution in [-0.4, -0.2) is 5.11 Å². The summed E-state index contributed by atoms with van der Waals surface area (Å²) in [7, 11) is 0. The summed E-state index contributed by atoms with van der Waals surface area (Å²) in [5, 5.41) is 16.0. The molecule has 3 rings (SSSR count). The molecular formula is C10H6OS2. The molecule has 0 bridgehead atoms. The number of hydrogen-bond donors (Lipinski definition) is 1. The van der Waals surface area contributed by atoms with Crippen LogP contribution >= 0.6 is 22.7 Å². The lowest BCUT2D eigenvalue weighted by atomic mass is 10.2. The van der Waals surface area contributed by atoms with Crippen LogP contribution in [0.25, 0.3) is 20.2 Å². The van der Waals surface area contributed by atoms with Crippen molar-refractivity contribution < 1.29 is 5.11 Å². The van der Waals surface area contributed by atoms with Gasteiger partial charge in [-0.25, -0.2) is 0 Å². The van der Waals surface area contributed by atoms with Gasteiger partial charge >= 0.3 is 0 Å². The SMILES string of the molecule is Oc1c2ccsc2cc2ccsc12. The summed E-state index contributed by atoms with van der Waals surface area (Å²) in [5.41, 5.74) is 0. The lowest BCUT2D eigenvalue weighted by Gasteiger charge is -1.96. The third kappa shape index (κ3) is 0.913. The maximum Gasteiger partial charge on any atom is 0.142 e. The van der Waals surface area contributed by atoms with E-state index in [4.69, 9.17) is 0 Å². The second-order valence-corrected chi connectivity index (χ2v) is 4.76. The summed E-state index contributed by atoms with van der Waals surface area (Å²) >= 11 is 3.25. The van der Waals surface area contributed by atoms with Crippen molar-refractivity contribution >= 4 is 42.8 Å². The minimum absolute atomic E-state index is 0.434. The summed E-state index contributed by atoms with van der Waals surface area (Å²) in [6.45, 7) is 0. The van der Waals surface area contributed by atoms with E-state index < -0.39 is 0 Å². The number of benzene rings is 1. The Morgan fingerprint density at radius 1 is 1.08 bits per heavy atom. The number of rotatable bonds is 0. The Morgan fingerprint density at radius 2 is 1.92 bits per heavy atom. The highest BCUT2D eigenvalue weighted by Crippen LogP contribution is 2.38. The molecule has 0 aliphatic carbocycles. The summed E-state index contributed by atoms with van der Waals surface area (Å²) < 4.78 is 2.15. The summed E-state index contributed by atoms with van der Waals surface area (Å²) in [4.78, 5) is 0. The molecule has 0 saturated heterocycles. The van der Waals surface area contributed by atoms with E-state index in [0.29, 0.717) is 5.75 Å². The van der Waals surface area contributed by atoms with Gasteiger partial charge in [0, 0.05) is 10.1 Å². The monoisotopic (exact) mass is 206 g/mol. The zero-order chi connectivity index (χ0) is 8.84. The predicted octanol–water partition coefficient (Wildman–Crippen LogP) is 3.82. The van der Waals surface area contributed by atoms with Crippen molar-refractivity contribution in [3.05, 3.63) is 29.0 Å². The Morgan fingerprint density at radius 3 is 2.85 bits per heavy atom. The molecule has 3 heteroatoms. The first-order valence-corrected chi connectivity index (χ1v) is 5.68. The number of phenols is 1. The highest BCUT2D eigenvalue weighted by molar-refractivity contribution is 7.19. The molecular weight excluding hydrogens is 200 g/mol. The van der Waals surface area contributed by atoms with Crippen LogP contribution in [0.5, 0.6) is 5.75 Å². The number of aromatic hydroxyl groups is 1. The Hall–Kier alpha value is -1.06. The Labute approximate surface area is 82.9 Å². The van der Waals surface area contributed by atoms with E-state index in [0.717, 1.165) is 20.2 Å². The molecule has 1 nitrogen and oxygen atoms in total. The van der Waals surface area contributed by atoms with Crippen LogP contribution in [0.3, 0.4) is 0 Å². The molecule has 1 N–H and O–H groups in total. The predicted molar refractivity (Wildman–Crippen MR) is 58.9 cm³/mol. The van der Waals surface area contributed by atoms with E-state index in [1.807, 2.05) is 22.9 Å². The second kappa shape index (κ2) is 2.47. The molecule has 0 fully saturated rings. The minimum atomic E-state index is 0.434. The molecule has 13 heavy (non-hydrogen) atoms. The maximum absolute atomic E-state index is 9.91. The molecule has 2 heterocycles. The molecule has 0 aliphatic rings. The second-order valence-electron chi connectivity index (χ2n) is 2.90. The number of phenolic OH excluding ortho intramolecular Hbond substituents is 1. The smallest absolute Gasteiger partial charge is 0.142 e. The van der Waals surface area contributed by atoms with Gasteiger partial charge in [0.15, 0.2) is 0 Å². The summed E-state index contributed by atoms with van der Waals surface area (Å²) in [6, 6.07) is 6.14. The first-order valence-electron chi connectivity index (χ1n) is 3.92. The van der Waals surface area contributed by atoms with E-state index in [1.54, 1.807) is 22.7 Å². The molecule has 1 aromatic carbocycles. The average molecular weight is 206 g/mol. The van der Waals surface area contributed by atoms with Gasteiger partial charge in [-0.15, -0.1) is 22.7 Å². The van der Waals surface area contributed by atoms with Gasteiger partial charge in [0.1, 0.15) is 5.75 Å². The van der Waals surface area contributed by atoms with Crippen molar-refractivity contribution in [3.8, 4) is 5.75 Å². The van der Waals surface area contributed by atoms with E-state index in [1.165, 1.54) is 0 Å². The van der Waals surface area contributed by atoms with Crippen molar-refractivity contribution in [1.29, 1.82) is 0 Å². The number of hydrogen-bond acceptors (Lipinski definition) is 3. The third-order valence-corrected chi connectivity index (χ3v) is 3.95. The molecule has 0 aliphatic heterocycles.